The van der Waals surface area contributed by atoms with Gasteiger partial charge in [0.15, 0.2) is 0 Å². The zero-order valence-electron chi connectivity index (χ0n) is 7.25. The fourth-order valence-corrected chi connectivity index (χ4v) is 1.94. The summed E-state index contributed by atoms with van der Waals surface area (Å²) in [5.41, 5.74) is 1.43. The third kappa shape index (κ3) is 1.11. The summed E-state index contributed by atoms with van der Waals surface area (Å²) in [6.45, 7) is 1.92. The van der Waals surface area contributed by atoms with Crippen LogP contribution >= 0.6 is 11.6 Å². The molecule has 13 heavy (non-hydrogen) atoms. The summed E-state index contributed by atoms with van der Waals surface area (Å²) in [4.78, 5) is 11.3. The van der Waals surface area contributed by atoms with Crippen molar-refractivity contribution in [2.45, 2.75) is 12.3 Å². The Kier molecular flexibility index (Phi) is 1.77. The van der Waals surface area contributed by atoms with E-state index < -0.39 is 5.41 Å². The minimum atomic E-state index is -0.581. The van der Waals surface area contributed by atoms with Crippen LogP contribution in [0.25, 0.3) is 0 Å². The van der Waals surface area contributed by atoms with Gasteiger partial charge in [-0.3, -0.25) is 4.79 Å². The number of carbonyl (C=O) groups excluding carboxylic acids is 1. The highest BCUT2D eigenvalue weighted by molar-refractivity contribution is 6.67. The lowest BCUT2D eigenvalue weighted by Crippen LogP contribution is -2.18. The van der Waals surface area contributed by atoms with Crippen molar-refractivity contribution in [1.29, 1.82) is 0 Å². The molecule has 1 aliphatic carbocycles. The van der Waals surface area contributed by atoms with E-state index in [1.54, 1.807) is 0 Å². The molecule has 2 rings (SSSR count). The van der Waals surface area contributed by atoms with Gasteiger partial charge in [0.25, 0.3) is 0 Å². The minimum Gasteiger partial charge on any atom is -0.280 e. The lowest BCUT2D eigenvalue weighted by molar-refractivity contribution is -0.113. The van der Waals surface area contributed by atoms with Gasteiger partial charge in [0.05, 0.1) is 0 Å². The molecule has 66 valence electrons. The largest absolute Gasteiger partial charge is 0.280 e. The Morgan fingerprint density at radius 2 is 1.85 bits per heavy atom. The fraction of sp³-hybridized carbons (Fsp3) is 0.182. The van der Waals surface area contributed by atoms with Gasteiger partial charge in [-0.25, -0.2) is 0 Å². The number of benzene rings is 1. The fourth-order valence-electron chi connectivity index (χ4n) is 1.63. The first-order valence-corrected chi connectivity index (χ1v) is 4.51. The van der Waals surface area contributed by atoms with E-state index in [0.717, 1.165) is 11.1 Å². The normalized spacial score (nSPS) is 25.2. The van der Waals surface area contributed by atoms with Gasteiger partial charge < -0.3 is 0 Å². The summed E-state index contributed by atoms with van der Waals surface area (Å²) in [5.74, 6) is 0. The molecule has 0 aromatic heterocycles. The first kappa shape index (κ1) is 8.52. The molecule has 0 heterocycles. The molecule has 0 fully saturated rings. The van der Waals surface area contributed by atoms with Gasteiger partial charge in [-0.1, -0.05) is 42.0 Å². The summed E-state index contributed by atoms with van der Waals surface area (Å²) in [6.07, 6.45) is 1.90. The van der Waals surface area contributed by atoms with Gasteiger partial charge in [0.2, 0.25) is 5.24 Å². The molecule has 0 aliphatic heterocycles. The highest BCUT2D eigenvalue weighted by atomic mass is 35.5. The van der Waals surface area contributed by atoms with Crippen molar-refractivity contribution in [2.75, 3.05) is 0 Å². The number of hydrogen-bond acceptors (Lipinski definition) is 1. The summed E-state index contributed by atoms with van der Waals surface area (Å²) in [6, 6.07) is 9.60. The predicted octanol–water partition coefficient (Wildman–Crippen LogP) is 2.65. The number of halogens is 1. The molecular weight excluding hydrogens is 184 g/mol. The minimum absolute atomic E-state index is 0.309. The molecule has 0 saturated carbocycles. The van der Waals surface area contributed by atoms with Crippen LogP contribution in [0.4, 0.5) is 0 Å². The smallest absolute Gasteiger partial charge is 0.240 e. The molecule has 0 N–H and O–H groups in total. The molecule has 0 amide bonds. The van der Waals surface area contributed by atoms with Gasteiger partial charge in [-0.15, -0.1) is 0 Å². The van der Waals surface area contributed by atoms with Crippen LogP contribution < -0.4 is 0 Å². The lowest BCUT2D eigenvalue weighted by Gasteiger charge is -2.12. The highest BCUT2D eigenvalue weighted by Crippen LogP contribution is 2.47. The Labute approximate surface area is 82.0 Å². The van der Waals surface area contributed by atoms with Crippen LogP contribution in [-0.4, -0.2) is 5.24 Å². The second kappa shape index (κ2) is 2.71. The summed E-state index contributed by atoms with van der Waals surface area (Å²) in [7, 11) is 0. The molecule has 0 radical (unpaired) electrons. The molecule has 0 spiro atoms. The second-order valence-electron chi connectivity index (χ2n) is 3.28. The standard InChI is InChI=1S/C11H9ClO/c1-8-7-11(8,10(12)13)9-5-3-2-4-6-9/h2-7H,1H3. The number of allylic oxidation sites excluding steroid dienone is 2. The molecule has 1 nitrogen and oxygen atoms in total. The second-order valence-corrected chi connectivity index (χ2v) is 3.62. The Morgan fingerprint density at radius 3 is 2.23 bits per heavy atom. The average molecular weight is 193 g/mol. The van der Waals surface area contributed by atoms with Crippen molar-refractivity contribution >= 4 is 16.8 Å². The predicted molar refractivity (Wildman–Crippen MR) is 52.7 cm³/mol. The Bertz CT molecular complexity index is 380. The molecule has 1 atom stereocenters. The van der Waals surface area contributed by atoms with Crippen LogP contribution in [0, 0.1) is 0 Å². The van der Waals surface area contributed by atoms with Crippen LogP contribution in [0.1, 0.15) is 12.5 Å². The maximum atomic E-state index is 11.3. The van der Waals surface area contributed by atoms with Gasteiger partial charge in [0, 0.05) is 0 Å². The van der Waals surface area contributed by atoms with Gasteiger partial charge >= 0.3 is 0 Å². The van der Waals surface area contributed by atoms with E-state index in [1.165, 1.54) is 0 Å². The maximum Gasteiger partial charge on any atom is 0.240 e. The van der Waals surface area contributed by atoms with E-state index in [1.807, 2.05) is 43.3 Å². The Balaban J connectivity index is 2.42. The van der Waals surface area contributed by atoms with E-state index in [4.69, 9.17) is 11.6 Å². The zero-order valence-corrected chi connectivity index (χ0v) is 8.01. The van der Waals surface area contributed by atoms with Crippen molar-refractivity contribution in [2.24, 2.45) is 0 Å². The first-order chi connectivity index (χ1) is 6.18. The lowest BCUT2D eigenvalue weighted by atomic mass is 9.92. The number of carbonyl (C=O) groups is 1. The van der Waals surface area contributed by atoms with Crippen LogP contribution in [0.15, 0.2) is 42.0 Å². The van der Waals surface area contributed by atoms with E-state index in [2.05, 4.69) is 0 Å². The zero-order chi connectivity index (χ0) is 9.47. The molecule has 1 aromatic rings. The van der Waals surface area contributed by atoms with E-state index in [9.17, 15) is 4.79 Å². The van der Waals surface area contributed by atoms with Crippen LogP contribution in [-0.2, 0) is 10.2 Å². The Morgan fingerprint density at radius 1 is 1.31 bits per heavy atom. The molecule has 1 aromatic carbocycles. The van der Waals surface area contributed by atoms with Crippen molar-refractivity contribution in [3.63, 3.8) is 0 Å². The van der Waals surface area contributed by atoms with Gasteiger partial charge in [-0.05, 0) is 24.1 Å². The molecule has 2 heteroatoms. The first-order valence-electron chi connectivity index (χ1n) is 4.13. The number of hydrogen-bond donors (Lipinski definition) is 0. The molecule has 0 saturated heterocycles. The monoisotopic (exact) mass is 192 g/mol. The highest BCUT2D eigenvalue weighted by Gasteiger charge is 2.48. The van der Waals surface area contributed by atoms with Gasteiger partial charge in [-0.2, -0.15) is 0 Å². The van der Waals surface area contributed by atoms with Gasteiger partial charge in [0.1, 0.15) is 5.41 Å². The SMILES string of the molecule is CC1=CC1(C(=O)Cl)c1ccccc1. The van der Waals surface area contributed by atoms with Crippen LogP contribution in [0.3, 0.4) is 0 Å². The van der Waals surface area contributed by atoms with E-state index >= 15 is 0 Å². The summed E-state index contributed by atoms with van der Waals surface area (Å²) < 4.78 is 0. The van der Waals surface area contributed by atoms with E-state index in [-0.39, 0.29) is 5.24 Å². The van der Waals surface area contributed by atoms with Crippen molar-refractivity contribution < 1.29 is 4.79 Å². The van der Waals surface area contributed by atoms with Crippen molar-refractivity contribution in [3.05, 3.63) is 47.5 Å². The molecular formula is C11H9ClO. The summed E-state index contributed by atoms with van der Waals surface area (Å²) in [5, 5.41) is -0.309. The summed E-state index contributed by atoms with van der Waals surface area (Å²) >= 11 is 5.57. The topological polar surface area (TPSA) is 17.1 Å². The van der Waals surface area contributed by atoms with Crippen molar-refractivity contribution in [1.82, 2.24) is 0 Å². The Hall–Kier alpha value is -1.08. The average Bonchev–Trinajstić information content (AvgIpc) is 2.80. The van der Waals surface area contributed by atoms with Crippen LogP contribution in [0.5, 0.6) is 0 Å². The molecule has 1 aliphatic rings. The quantitative estimate of drug-likeness (QED) is 0.520. The van der Waals surface area contributed by atoms with E-state index in [0.29, 0.717) is 0 Å². The molecule has 0 bridgehead atoms. The van der Waals surface area contributed by atoms with Crippen LogP contribution in [0.2, 0.25) is 0 Å². The number of rotatable bonds is 2. The maximum absolute atomic E-state index is 11.3. The molecule has 1 unspecified atom stereocenters. The third-order valence-electron chi connectivity index (χ3n) is 2.51. The van der Waals surface area contributed by atoms with Crippen molar-refractivity contribution in [3.8, 4) is 0 Å². The third-order valence-corrected chi connectivity index (χ3v) is 2.81.